The van der Waals surface area contributed by atoms with Crippen molar-refractivity contribution < 1.29 is 80.2 Å². The molecule has 0 bridgehead atoms. The van der Waals surface area contributed by atoms with E-state index in [0.717, 1.165) is 0 Å². The average Bonchev–Trinajstić information content (AvgIpc) is 2.84. The summed E-state index contributed by atoms with van der Waals surface area (Å²) in [5, 5.41) is 118. The van der Waals surface area contributed by atoms with Gasteiger partial charge in [0.05, 0.1) is 26.4 Å². The summed E-state index contributed by atoms with van der Waals surface area (Å²) in [4.78, 5) is 0. The molecule has 2 aliphatic heterocycles. The summed E-state index contributed by atoms with van der Waals surface area (Å²) in [6.07, 6.45) is -24.7. The number of hydrogen-bond donors (Lipinski definition) is 12. The van der Waals surface area contributed by atoms with E-state index in [9.17, 15) is 56.2 Å². The van der Waals surface area contributed by atoms with Crippen molar-refractivity contribution in [2.45, 2.75) is 85.8 Å². The Bertz CT molecular complexity index is 594. The zero-order chi connectivity index (χ0) is 25.7. The third kappa shape index (κ3) is 6.37. The van der Waals surface area contributed by atoms with Crippen molar-refractivity contribution in [3.63, 3.8) is 0 Å². The fraction of sp³-hybridized carbons (Fsp3) is 1.00. The Balaban J connectivity index is 2.17. The van der Waals surface area contributed by atoms with E-state index in [0.29, 0.717) is 0 Å². The van der Waals surface area contributed by atoms with Crippen LogP contribution in [-0.2, 0) is 18.9 Å². The van der Waals surface area contributed by atoms with Gasteiger partial charge in [0.25, 0.3) is 0 Å². The van der Waals surface area contributed by atoms with Crippen LogP contribution in [0, 0.1) is 0 Å². The van der Waals surface area contributed by atoms with Gasteiger partial charge in [0.15, 0.2) is 12.6 Å². The van der Waals surface area contributed by atoms with Crippen LogP contribution in [0.15, 0.2) is 0 Å². The van der Waals surface area contributed by atoms with E-state index in [1.165, 1.54) is 0 Å². The summed E-state index contributed by atoms with van der Waals surface area (Å²) >= 11 is 0. The van der Waals surface area contributed by atoms with Crippen molar-refractivity contribution in [1.82, 2.24) is 0 Å². The molecule has 2 aliphatic rings. The fourth-order valence-electron chi connectivity index (χ4n) is 3.65. The second kappa shape index (κ2) is 13.1. The smallest absolute Gasteiger partial charge is 0.187 e. The lowest BCUT2D eigenvalue weighted by molar-refractivity contribution is -0.367. The van der Waals surface area contributed by atoms with E-state index in [-0.39, 0.29) is 0 Å². The largest absolute Gasteiger partial charge is 0.394 e. The van der Waals surface area contributed by atoms with Crippen LogP contribution in [0.2, 0.25) is 0 Å². The first-order valence-electron chi connectivity index (χ1n) is 10.5. The molecule has 16 nitrogen and oxygen atoms in total. The maximum absolute atomic E-state index is 10.6. The van der Waals surface area contributed by atoms with Crippen LogP contribution in [0.3, 0.4) is 0 Å². The quantitative estimate of drug-likeness (QED) is 0.124. The van der Waals surface area contributed by atoms with Crippen molar-refractivity contribution in [2.24, 2.45) is 0 Å². The van der Waals surface area contributed by atoms with Gasteiger partial charge in [0, 0.05) is 0 Å². The maximum Gasteiger partial charge on any atom is 0.187 e. The van der Waals surface area contributed by atoms with E-state index < -0.39 is 112 Å². The molecule has 0 amide bonds. The van der Waals surface area contributed by atoms with E-state index in [4.69, 9.17) is 24.1 Å². The molecule has 14 atom stereocenters. The second-order valence-electron chi connectivity index (χ2n) is 8.10. The number of aliphatic hydroxyl groups is 12. The maximum atomic E-state index is 10.6. The van der Waals surface area contributed by atoms with Crippen LogP contribution in [-0.4, -0.2) is 174 Å². The average molecular weight is 506 g/mol. The number of aliphatic hydroxyl groups excluding tert-OH is 12. The summed E-state index contributed by atoms with van der Waals surface area (Å²) in [6, 6.07) is 0. The molecule has 2 rings (SSSR count). The molecule has 0 aliphatic carbocycles. The van der Waals surface area contributed by atoms with Crippen LogP contribution >= 0.6 is 0 Å². The Hall–Kier alpha value is -0.640. The molecule has 12 N–H and O–H groups in total. The van der Waals surface area contributed by atoms with Gasteiger partial charge in [-0.1, -0.05) is 0 Å². The van der Waals surface area contributed by atoms with Crippen LogP contribution < -0.4 is 0 Å². The number of ether oxygens (including phenoxy) is 4. The van der Waals surface area contributed by atoms with Gasteiger partial charge in [-0.05, 0) is 0 Å². The standard InChI is InChI=1S/C18H34O16/c19-1-5(23)9(25)15(6(24)2-20)33-18-14(30)12(28)16(8(4-22)32-18)34-17-13(29)11(27)10(26)7(3-21)31-17/h5-30H,1-4H2/t5-,6+,7+,8+,9+,10+,11-,12+,13+,14+,15-,16+,17+,18+/m0/s1. The highest BCUT2D eigenvalue weighted by Gasteiger charge is 2.51. The lowest BCUT2D eigenvalue weighted by Crippen LogP contribution is -2.65. The highest BCUT2D eigenvalue weighted by molar-refractivity contribution is 4.95. The second-order valence-corrected chi connectivity index (χ2v) is 8.10. The molecular weight excluding hydrogens is 472 g/mol. The topological polar surface area (TPSA) is 280 Å². The Morgan fingerprint density at radius 3 is 1.68 bits per heavy atom. The predicted octanol–water partition coefficient (Wildman–Crippen LogP) is -7.94. The van der Waals surface area contributed by atoms with Gasteiger partial charge in [0.1, 0.15) is 73.2 Å². The minimum absolute atomic E-state index is 0.757. The summed E-state index contributed by atoms with van der Waals surface area (Å²) in [6.45, 7) is -3.52. The number of hydrogen-bond acceptors (Lipinski definition) is 16. The van der Waals surface area contributed by atoms with Crippen LogP contribution in [0.1, 0.15) is 0 Å². The SMILES string of the molecule is OC[C@@H](O)[C@H](O[C@H]1O[C@H](CO)[C@@H](O[C@H]2O[C@H](CO)[C@@H](O)[C@H](O)[C@H]2O)[C@H](O)[C@H]1O)[C@H](O)[C@@H](O)CO. The third-order valence-corrected chi connectivity index (χ3v) is 5.74. The Kier molecular flexibility index (Phi) is 11.4. The predicted molar refractivity (Wildman–Crippen MR) is 103 cm³/mol. The molecule has 0 aromatic carbocycles. The van der Waals surface area contributed by atoms with E-state index >= 15 is 0 Å². The monoisotopic (exact) mass is 506 g/mol. The summed E-state index contributed by atoms with van der Waals surface area (Å²) in [5.74, 6) is 0. The van der Waals surface area contributed by atoms with E-state index in [1.54, 1.807) is 0 Å². The highest BCUT2D eigenvalue weighted by atomic mass is 16.7. The van der Waals surface area contributed by atoms with Gasteiger partial charge in [0.2, 0.25) is 0 Å². The molecule has 0 aromatic rings. The molecule has 2 saturated heterocycles. The molecule has 16 heteroatoms. The molecule has 0 radical (unpaired) electrons. The van der Waals surface area contributed by atoms with Crippen molar-refractivity contribution in [3.05, 3.63) is 0 Å². The summed E-state index contributed by atoms with van der Waals surface area (Å²) < 4.78 is 21.2. The van der Waals surface area contributed by atoms with Gasteiger partial charge in [-0.15, -0.1) is 0 Å². The van der Waals surface area contributed by atoms with Crippen LogP contribution in [0.4, 0.5) is 0 Å². The Morgan fingerprint density at radius 1 is 0.618 bits per heavy atom. The molecule has 0 unspecified atom stereocenters. The molecule has 34 heavy (non-hydrogen) atoms. The normalized spacial score (nSPS) is 42.7. The van der Waals surface area contributed by atoms with Crippen molar-refractivity contribution in [1.29, 1.82) is 0 Å². The van der Waals surface area contributed by atoms with E-state index in [1.807, 2.05) is 0 Å². The van der Waals surface area contributed by atoms with Gasteiger partial charge in [-0.25, -0.2) is 0 Å². The first-order valence-corrected chi connectivity index (χ1v) is 10.5. The summed E-state index contributed by atoms with van der Waals surface area (Å²) in [5.41, 5.74) is 0. The van der Waals surface area contributed by atoms with Crippen molar-refractivity contribution >= 4 is 0 Å². The lowest BCUT2D eigenvalue weighted by Gasteiger charge is -2.46. The minimum atomic E-state index is -1.98. The summed E-state index contributed by atoms with van der Waals surface area (Å²) in [7, 11) is 0. The molecule has 0 saturated carbocycles. The highest BCUT2D eigenvalue weighted by Crippen LogP contribution is 2.30. The van der Waals surface area contributed by atoms with Gasteiger partial charge in [-0.3, -0.25) is 0 Å². The first kappa shape index (κ1) is 29.6. The zero-order valence-corrected chi connectivity index (χ0v) is 17.9. The molecular formula is C18H34O16. The van der Waals surface area contributed by atoms with Gasteiger partial charge in [-0.2, -0.15) is 0 Å². The van der Waals surface area contributed by atoms with Gasteiger partial charge >= 0.3 is 0 Å². The molecule has 0 aromatic heterocycles. The first-order chi connectivity index (χ1) is 16.0. The lowest BCUT2D eigenvalue weighted by atomic mass is 9.96. The Morgan fingerprint density at radius 2 is 1.15 bits per heavy atom. The molecule has 2 heterocycles. The van der Waals surface area contributed by atoms with Crippen LogP contribution in [0.25, 0.3) is 0 Å². The van der Waals surface area contributed by atoms with Gasteiger partial charge < -0.3 is 80.2 Å². The fourth-order valence-corrected chi connectivity index (χ4v) is 3.65. The third-order valence-electron chi connectivity index (χ3n) is 5.74. The van der Waals surface area contributed by atoms with Crippen LogP contribution in [0.5, 0.6) is 0 Å². The molecule has 0 spiro atoms. The zero-order valence-electron chi connectivity index (χ0n) is 17.9. The minimum Gasteiger partial charge on any atom is -0.394 e. The van der Waals surface area contributed by atoms with Crippen molar-refractivity contribution in [2.75, 3.05) is 26.4 Å². The molecule has 202 valence electrons. The molecule has 2 fully saturated rings. The Labute approximate surface area is 193 Å². The van der Waals surface area contributed by atoms with E-state index in [2.05, 4.69) is 0 Å². The number of rotatable bonds is 11. The van der Waals surface area contributed by atoms with Crippen molar-refractivity contribution in [3.8, 4) is 0 Å².